The summed E-state index contributed by atoms with van der Waals surface area (Å²) >= 11 is 3.27. The van der Waals surface area contributed by atoms with E-state index >= 15 is 0 Å². The molecule has 2 saturated heterocycles. The summed E-state index contributed by atoms with van der Waals surface area (Å²) in [5.41, 5.74) is 1.94. The summed E-state index contributed by atoms with van der Waals surface area (Å²) in [5, 5.41) is 7.87. The fourth-order valence-corrected chi connectivity index (χ4v) is 3.91. The minimum absolute atomic E-state index is 0.238. The molecule has 1 aromatic heterocycles. The Bertz CT molecular complexity index is 699. The second-order valence-corrected chi connectivity index (χ2v) is 6.82. The molecule has 1 unspecified atom stereocenters. The summed E-state index contributed by atoms with van der Waals surface area (Å²) in [6, 6.07) is 3.51. The van der Waals surface area contributed by atoms with Crippen molar-refractivity contribution in [2.45, 2.75) is 18.9 Å². The lowest BCUT2D eigenvalue weighted by Crippen LogP contribution is -2.60. The molecular weight excluding hydrogens is 335 g/mol. The second-order valence-electron chi connectivity index (χ2n) is 5.97. The number of rotatable bonds is 1. The third-order valence-electron chi connectivity index (χ3n) is 4.85. The van der Waals surface area contributed by atoms with E-state index in [1.165, 1.54) is 6.07 Å². The number of benzene rings is 1. The van der Waals surface area contributed by atoms with E-state index in [0.717, 1.165) is 43.6 Å². The maximum absolute atomic E-state index is 13.7. The third-order valence-corrected chi connectivity index (χ3v) is 5.46. The second kappa shape index (κ2) is 4.97. The average Bonchev–Trinajstić information content (AvgIpc) is 2.49. The van der Waals surface area contributed by atoms with Crippen molar-refractivity contribution >= 4 is 26.8 Å². The predicted molar refractivity (Wildman–Crippen MR) is 82.5 cm³/mol. The first-order valence-electron chi connectivity index (χ1n) is 7.23. The lowest BCUT2D eigenvalue weighted by molar-refractivity contribution is 0.0420. The zero-order chi connectivity index (χ0) is 14.4. The van der Waals surface area contributed by atoms with Crippen LogP contribution < -0.4 is 10.6 Å². The van der Waals surface area contributed by atoms with Crippen LogP contribution in [0.4, 0.5) is 4.39 Å². The lowest BCUT2D eigenvalue weighted by atomic mass is 9.65. The number of hydrogen-bond donors (Lipinski definition) is 2. The summed E-state index contributed by atoms with van der Waals surface area (Å²) in [6.07, 6.45) is 3.84. The van der Waals surface area contributed by atoms with E-state index in [4.69, 9.17) is 0 Å². The SMILES string of the molecule is Fc1cc2ncnc(C3NCC34CCNCC4)c2cc1Br. The topological polar surface area (TPSA) is 49.8 Å². The van der Waals surface area contributed by atoms with Gasteiger partial charge in [-0.25, -0.2) is 14.4 Å². The standard InChI is InChI=1S/C15H16BrFN4/c16-10-5-9-12(6-11(10)17)20-8-21-13(9)14-15(7-19-14)1-3-18-4-2-15/h5-6,8,14,18-19H,1-4,7H2. The molecule has 0 bridgehead atoms. The fourth-order valence-electron chi connectivity index (χ4n) is 3.57. The zero-order valence-electron chi connectivity index (χ0n) is 11.5. The van der Waals surface area contributed by atoms with Gasteiger partial charge in [-0.05, 0) is 47.9 Å². The van der Waals surface area contributed by atoms with E-state index in [-0.39, 0.29) is 17.3 Å². The van der Waals surface area contributed by atoms with Crippen LogP contribution in [0.25, 0.3) is 10.9 Å². The van der Waals surface area contributed by atoms with Crippen molar-refractivity contribution in [2.75, 3.05) is 19.6 Å². The molecule has 3 heterocycles. The highest BCUT2D eigenvalue weighted by atomic mass is 79.9. The normalized spacial score (nSPS) is 24.2. The van der Waals surface area contributed by atoms with E-state index < -0.39 is 0 Å². The van der Waals surface area contributed by atoms with Gasteiger partial charge in [0.25, 0.3) is 0 Å². The molecule has 2 aliphatic heterocycles. The number of hydrogen-bond acceptors (Lipinski definition) is 4. The van der Waals surface area contributed by atoms with Crippen LogP contribution in [0.3, 0.4) is 0 Å². The molecule has 0 amide bonds. The van der Waals surface area contributed by atoms with Gasteiger partial charge < -0.3 is 10.6 Å². The molecular formula is C15H16BrFN4. The Morgan fingerprint density at radius 2 is 2.05 bits per heavy atom. The molecule has 2 aliphatic rings. The van der Waals surface area contributed by atoms with Crippen LogP contribution in [0.2, 0.25) is 0 Å². The highest BCUT2D eigenvalue weighted by Crippen LogP contribution is 2.48. The van der Waals surface area contributed by atoms with Gasteiger partial charge in [-0.15, -0.1) is 0 Å². The average molecular weight is 351 g/mol. The van der Waals surface area contributed by atoms with Gasteiger partial charge in [-0.2, -0.15) is 0 Å². The van der Waals surface area contributed by atoms with Crippen LogP contribution in [0.15, 0.2) is 22.9 Å². The van der Waals surface area contributed by atoms with E-state index in [2.05, 4.69) is 36.5 Å². The van der Waals surface area contributed by atoms with Gasteiger partial charge >= 0.3 is 0 Å². The van der Waals surface area contributed by atoms with Gasteiger partial charge in [0.2, 0.25) is 0 Å². The summed E-state index contributed by atoms with van der Waals surface area (Å²) < 4.78 is 14.2. The number of halogens is 2. The molecule has 4 rings (SSSR count). The third kappa shape index (κ3) is 2.08. The largest absolute Gasteiger partial charge is 0.317 e. The van der Waals surface area contributed by atoms with Crippen molar-refractivity contribution in [1.82, 2.24) is 20.6 Å². The van der Waals surface area contributed by atoms with Gasteiger partial charge in [-0.3, -0.25) is 0 Å². The number of piperidine rings is 1. The molecule has 6 heteroatoms. The van der Waals surface area contributed by atoms with Crippen LogP contribution in [0.1, 0.15) is 24.6 Å². The molecule has 4 nitrogen and oxygen atoms in total. The smallest absolute Gasteiger partial charge is 0.139 e. The molecule has 0 radical (unpaired) electrons. The van der Waals surface area contributed by atoms with E-state index in [1.807, 2.05) is 0 Å². The van der Waals surface area contributed by atoms with Crippen LogP contribution in [-0.4, -0.2) is 29.6 Å². The Hall–Kier alpha value is -1.11. The van der Waals surface area contributed by atoms with Crippen molar-refractivity contribution in [3.05, 3.63) is 34.4 Å². The zero-order valence-corrected chi connectivity index (χ0v) is 13.1. The monoisotopic (exact) mass is 350 g/mol. The van der Waals surface area contributed by atoms with Crippen molar-refractivity contribution < 1.29 is 4.39 Å². The Kier molecular flexibility index (Phi) is 3.20. The fraction of sp³-hybridized carbons (Fsp3) is 0.467. The molecule has 1 aromatic carbocycles. The van der Waals surface area contributed by atoms with E-state index in [0.29, 0.717) is 9.99 Å². The highest BCUT2D eigenvalue weighted by molar-refractivity contribution is 9.10. The molecule has 0 saturated carbocycles. The molecule has 1 spiro atoms. The number of aromatic nitrogens is 2. The summed E-state index contributed by atoms with van der Waals surface area (Å²) in [7, 11) is 0. The van der Waals surface area contributed by atoms with Gasteiger partial charge in [0, 0.05) is 23.4 Å². The van der Waals surface area contributed by atoms with E-state index in [9.17, 15) is 4.39 Å². The first-order chi connectivity index (χ1) is 10.2. The van der Waals surface area contributed by atoms with Crippen LogP contribution in [0.5, 0.6) is 0 Å². The van der Waals surface area contributed by atoms with Gasteiger partial charge in [-0.1, -0.05) is 0 Å². The lowest BCUT2D eigenvalue weighted by Gasteiger charge is -2.52. The number of nitrogens with zero attached hydrogens (tertiary/aromatic N) is 2. The Morgan fingerprint density at radius 3 is 2.76 bits per heavy atom. The van der Waals surface area contributed by atoms with Crippen LogP contribution in [-0.2, 0) is 0 Å². The van der Waals surface area contributed by atoms with Crippen molar-refractivity contribution in [1.29, 1.82) is 0 Å². The number of fused-ring (bicyclic) bond motifs is 1. The summed E-state index contributed by atoms with van der Waals surface area (Å²) in [5.74, 6) is -0.287. The van der Waals surface area contributed by atoms with Gasteiger partial charge in [0.1, 0.15) is 12.1 Å². The molecule has 21 heavy (non-hydrogen) atoms. The molecule has 0 aliphatic carbocycles. The Morgan fingerprint density at radius 1 is 1.24 bits per heavy atom. The van der Waals surface area contributed by atoms with Crippen molar-refractivity contribution in [2.24, 2.45) is 5.41 Å². The van der Waals surface area contributed by atoms with E-state index in [1.54, 1.807) is 12.4 Å². The summed E-state index contributed by atoms with van der Waals surface area (Å²) in [4.78, 5) is 8.72. The Balaban J connectivity index is 1.81. The summed E-state index contributed by atoms with van der Waals surface area (Å²) in [6.45, 7) is 3.15. The van der Waals surface area contributed by atoms with Crippen molar-refractivity contribution in [3.8, 4) is 0 Å². The number of nitrogens with one attached hydrogen (secondary N) is 2. The molecule has 1 atom stereocenters. The highest BCUT2D eigenvalue weighted by Gasteiger charge is 2.48. The molecule has 2 N–H and O–H groups in total. The first-order valence-corrected chi connectivity index (χ1v) is 8.03. The molecule has 2 aromatic rings. The van der Waals surface area contributed by atoms with Gasteiger partial charge in [0.05, 0.1) is 21.7 Å². The van der Waals surface area contributed by atoms with Gasteiger partial charge in [0.15, 0.2) is 0 Å². The van der Waals surface area contributed by atoms with Crippen LogP contribution >= 0.6 is 15.9 Å². The maximum Gasteiger partial charge on any atom is 0.139 e. The maximum atomic E-state index is 13.7. The first kappa shape index (κ1) is 13.5. The van der Waals surface area contributed by atoms with Crippen LogP contribution in [0, 0.1) is 11.2 Å². The minimum atomic E-state index is -0.287. The quantitative estimate of drug-likeness (QED) is 0.829. The van der Waals surface area contributed by atoms with Crippen molar-refractivity contribution in [3.63, 3.8) is 0 Å². The molecule has 2 fully saturated rings. The predicted octanol–water partition coefficient (Wildman–Crippen LogP) is 2.55. The molecule has 110 valence electrons. The Labute approximate surface area is 130 Å². The minimum Gasteiger partial charge on any atom is -0.317 e.